The zero-order chi connectivity index (χ0) is 13.8. The number of carbonyl (C=O) groups is 2. The highest BCUT2D eigenvalue weighted by Gasteiger charge is 2.23. The quantitative estimate of drug-likeness (QED) is 0.705. The van der Waals surface area contributed by atoms with E-state index in [-0.39, 0.29) is 18.2 Å². The lowest BCUT2D eigenvalue weighted by molar-refractivity contribution is 0.0837. The van der Waals surface area contributed by atoms with E-state index >= 15 is 0 Å². The fraction of sp³-hybridized carbons (Fsp3) is 0.571. The van der Waals surface area contributed by atoms with Crippen LogP contribution in [0, 0.1) is 5.92 Å². The summed E-state index contributed by atoms with van der Waals surface area (Å²) in [4.78, 5) is 25.7. The summed E-state index contributed by atoms with van der Waals surface area (Å²) in [6.07, 6.45) is 5.43. The largest absolute Gasteiger partial charge is 0.391 e. The van der Waals surface area contributed by atoms with Gasteiger partial charge >= 0.3 is 0 Å². The second-order valence-electron chi connectivity index (χ2n) is 5.18. The summed E-state index contributed by atoms with van der Waals surface area (Å²) in [6.45, 7) is 1.71. The molecule has 0 aromatic carbocycles. The molecule has 1 aliphatic rings. The summed E-state index contributed by atoms with van der Waals surface area (Å²) in [7, 11) is 0. The van der Waals surface area contributed by atoms with Crippen LogP contribution in [0.1, 0.15) is 53.5 Å². The van der Waals surface area contributed by atoms with Crippen LogP contribution < -0.4 is 5.32 Å². The van der Waals surface area contributed by atoms with Crippen molar-refractivity contribution in [3.63, 3.8) is 0 Å². The van der Waals surface area contributed by atoms with E-state index in [1.54, 1.807) is 0 Å². The Morgan fingerprint density at radius 2 is 2.16 bits per heavy atom. The Morgan fingerprint density at radius 3 is 2.74 bits per heavy atom. The molecule has 1 heterocycles. The molecular weight excluding hydrogens is 244 g/mol. The third-order valence-corrected chi connectivity index (χ3v) is 3.75. The van der Waals surface area contributed by atoms with Gasteiger partial charge in [0.15, 0.2) is 5.78 Å². The lowest BCUT2D eigenvalue weighted by Gasteiger charge is -2.17. The molecule has 1 aromatic heterocycles. The van der Waals surface area contributed by atoms with Crippen LogP contribution in [0.15, 0.2) is 12.3 Å². The van der Waals surface area contributed by atoms with E-state index in [9.17, 15) is 14.7 Å². The molecule has 2 rings (SSSR count). The van der Waals surface area contributed by atoms with Crippen LogP contribution in [-0.4, -0.2) is 34.4 Å². The SMILES string of the molecule is CC(=O)c1c[nH]c(C(=O)NCC(O)C2CCCC2)c1. The predicted octanol–water partition coefficient (Wildman–Crippen LogP) is 1.50. The van der Waals surface area contributed by atoms with Crippen LogP contribution in [0.2, 0.25) is 0 Å². The number of amides is 1. The van der Waals surface area contributed by atoms with Gasteiger partial charge in [-0.25, -0.2) is 0 Å². The zero-order valence-electron chi connectivity index (χ0n) is 11.1. The van der Waals surface area contributed by atoms with Crippen molar-refractivity contribution in [1.29, 1.82) is 0 Å². The molecule has 104 valence electrons. The molecule has 0 saturated heterocycles. The van der Waals surface area contributed by atoms with Gasteiger partial charge in [0.05, 0.1) is 6.10 Å². The number of carbonyl (C=O) groups excluding carboxylic acids is 2. The number of aliphatic hydroxyl groups excluding tert-OH is 1. The molecule has 0 bridgehead atoms. The molecule has 5 nitrogen and oxygen atoms in total. The number of aliphatic hydroxyl groups is 1. The maximum Gasteiger partial charge on any atom is 0.267 e. The monoisotopic (exact) mass is 264 g/mol. The molecule has 1 atom stereocenters. The van der Waals surface area contributed by atoms with Gasteiger partial charge in [-0.2, -0.15) is 0 Å². The number of ketones is 1. The van der Waals surface area contributed by atoms with Crippen LogP contribution in [-0.2, 0) is 0 Å². The van der Waals surface area contributed by atoms with Gasteiger partial charge in [-0.15, -0.1) is 0 Å². The Morgan fingerprint density at radius 1 is 1.47 bits per heavy atom. The number of hydrogen-bond donors (Lipinski definition) is 3. The molecule has 5 heteroatoms. The average Bonchev–Trinajstić information content (AvgIpc) is 3.05. The van der Waals surface area contributed by atoms with Crippen molar-refractivity contribution in [2.45, 2.75) is 38.7 Å². The van der Waals surface area contributed by atoms with Gasteiger partial charge in [0, 0.05) is 18.3 Å². The summed E-state index contributed by atoms with van der Waals surface area (Å²) < 4.78 is 0. The molecule has 1 aliphatic carbocycles. The van der Waals surface area contributed by atoms with Crippen molar-refractivity contribution in [2.75, 3.05) is 6.54 Å². The van der Waals surface area contributed by atoms with E-state index in [2.05, 4.69) is 10.3 Å². The van der Waals surface area contributed by atoms with Crippen molar-refractivity contribution in [3.05, 3.63) is 23.5 Å². The first-order valence-corrected chi connectivity index (χ1v) is 6.73. The van der Waals surface area contributed by atoms with Gasteiger partial charge in [-0.3, -0.25) is 9.59 Å². The number of rotatable bonds is 5. The number of nitrogens with one attached hydrogen (secondary N) is 2. The minimum absolute atomic E-state index is 0.0821. The van der Waals surface area contributed by atoms with Gasteiger partial charge in [-0.1, -0.05) is 12.8 Å². The molecule has 1 aromatic rings. The second kappa shape index (κ2) is 6.02. The van der Waals surface area contributed by atoms with E-state index in [1.165, 1.54) is 19.2 Å². The molecule has 1 unspecified atom stereocenters. The lowest BCUT2D eigenvalue weighted by atomic mass is 10.0. The number of Topliss-reactive ketones (excluding diaryl/α,β-unsaturated/α-hetero) is 1. The van der Waals surface area contributed by atoms with Crippen molar-refractivity contribution in [3.8, 4) is 0 Å². The van der Waals surface area contributed by atoms with Crippen LogP contribution in [0.5, 0.6) is 0 Å². The maximum absolute atomic E-state index is 11.8. The Balaban J connectivity index is 1.84. The third kappa shape index (κ3) is 3.44. The summed E-state index contributed by atoms with van der Waals surface area (Å²) >= 11 is 0. The number of hydrogen-bond acceptors (Lipinski definition) is 3. The molecule has 0 aliphatic heterocycles. The molecule has 1 saturated carbocycles. The zero-order valence-corrected chi connectivity index (χ0v) is 11.1. The predicted molar refractivity (Wildman–Crippen MR) is 71.1 cm³/mol. The molecule has 19 heavy (non-hydrogen) atoms. The highest BCUT2D eigenvalue weighted by Crippen LogP contribution is 2.27. The van der Waals surface area contributed by atoms with E-state index in [0.29, 0.717) is 17.2 Å². The molecule has 0 radical (unpaired) electrons. The third-order valence-electron chi connectivity index (χ3n) is 3.75. The highest BCUT2D eigenvalue weighted by atomic mass is 16.3. The second-order valence-corrected chi connectivity index (χ2v) is 5.18. The summed E-state index contributed by atoms with van der Waals surface area (Å²) in [5.41, 5.74) is 0.838. The first-order chi connectivity index (χ1) is 9.08. The molecule has 1 fully saturated rings. The molecular formula is C14H20N2O3. The standard InChI is InChI=1S/C14H20N2O3/c1-9(17)11-6-12(15-7-11)14(19)16-8-13(18)10-4-2-3-5-10/h6-7,10,13,15,18H,2-5,8H2,1H3,(H,16,19). The molecule has 1 amide bonds. The van der Waals surface area contributed by atoms with Crippen molar-refractivity contribution in [2.24, 2.45) is 5.92 Å². The normalized spacial score (nSPS) is 17.4. The Kier molecular flexibility index (Phi) is 4.37. The molecule has 3 N–H and O–H groups in total. The van der Waals surface area contributed by atoms with Crippen LogP contribution in [0.4, 0.5) is 0 Å². The van der Waals surface area contributed by atoms with Crippen LogP contribution in [0.25, 0.3) is 0 Å². The smallest absolute Gasteiger partial charge is 0.267 e. The van der Waals surface area contributed by atoms with Crippen molar-refractivity contribution < 1.29 is 14.7 Å². The van der Waals surface area contributed by atoms with Crippen molar-refractivity contribution >= 4 is 11.7 Å². The Hall–Kier alpha value is -1.62. The number of aromatic amines is 1. The van der Waals surface area contributed by atoms with Crippen LogP contribution >= 0.6 is 0 Å². The van der Waals surface area contributed by atoms with Gasteiger partial charge in [0.25, 0.3) is 5.91 Å². The Labute approximate surface area is 112 Å². The van der Waals surface area contributed by atoms with Crippen LogP contribution in [0.3, 0.4) is 0 Å². The fourth-order valence-corrected chi connectivity index (χ4v) is 2.53. The average molecular weight is 264 g/mol. The van der Waals surface area contributed by atoms with Gasteiger partial charge < -0.3 is 15.4 Å². The first-order valence-electron chi connectivity index (χ1n) is 6.73. The number of aromatic nitrogens is 1. The van der Waals surface area contributed by atoms with E-state index < -0.39 is 6.10 Å². The maximum atomic E-state index is 11.8. The van der Waals surface area contributed by atoms with E-state index in [0.717, 1.165) is 25.7 Å². The Bertz CT molecular complexity index is 461. The first kappa shape index (κ1) is 13.8. The summed E-state index contributed by atoms with van der Waals surface area (Å²) in [5, 5.41) is 12.7. The van der Waals surface area contributed by atoms with E-state index in [1.807, 2.05) is 0 Å². The topological polar surface area (TPSA) is 82.2 Å². The minimum Gasteiger partial charge on any atom is -0.391 e. The summed E-state index contributed by atoms with van der Waals surface area (Å²) in [5.74, 6) is -0.0671. The lowest BCUT2D eigenvalue weighted by Crippen LogP contribution is -2.35. The van der Waals surface area contributed by atoms with Crippen molar-refractivity contribution in [1.82, 2.24) is 10.3 Å². The van der Waals surface area contributed by atoms with Gasteiger partial charge in [0.2, 0.25) is 0 Å². The molecule has 0 spiro atoms. The van der Waals surface area contributed by atoms with Gasteiger partial charge in [-0.05, 0) is 31.7 Å². The summed E-state index contributed by atoms with van der Waals surface area (Å²) in [6, 6.07) is 1.53. The highest BCUT2D eigenvalue weighted by molar-refractivity contribution is 5.99. The number of H-pyrrole nitrogens is 1. The fourth-order valence-electron chi connectivity index (χ4n) is 2.53. The van der Waals surface area contributed by atoms with Gasteiger partial charge in [0.1, 0.15) is 5.69 Å². The minimum atomic E-state index is -0.478. The van der Waals surface area contributed by atoms with E-state index in [4.69, 9.17) is 0 Å².